The normalized spacial score (nSPS) is 13.9. The number of hydrogen-bond donors (Lipinski definition) is 1. The largest absolute Gasteiger partial charge is 0.497 e. The van der Waals surface area contributed by atoms with Crippen LogP contribution >= 0.6 is 0 Å². The third kappa shape index (κ3) is 4.39. The lowest BCUT2D eigenvalue weighted by molar-refractivity contribution is -0.938. The fraction of sp³-hybridized carbons (Fsp3) is 0.409. The van der Waals surface area contributed by atoms with Crippen molar-refractivity contribution in [1.29, 1.82) is 0 Å². The summed E-state index contributed by atoms with van der Waals surface area (Å²) >= 11 is 0. The molecule has 148 valence electrons. The summed E-state index contributed by atoms with van der Waals surface area (Å²) in [4.78, 5) is 1.39. The van der Waals surface area contributed by atoms with Gasteiger partial charge in [-0.15, -0.1) is 5.10 Å². The Bertz CT molecular complexity index is 868. The number of aromatic nitrogens is 4. The first-order chi connectivity index (χ1) is 13.4. The molecule has 0 saturated carbocycles. The van der Waals surface area contributed by atoms with Gasteiger partial charge in [-0.2, -0.15) is 0 Å². The topological polar surface area (TPSA) is 57.3 Å². The summed E-state index contributed by atoms with van der Waals surface area (Å²) in [6.07, 6.45) is 0. The van der Waals surface area contributed by atoms with Crippen molar-refractivity contribution < 1.29 is 9.64 Å². The molecule has 0 amide bonds. The second-order valence-electron chi connectivity index (χ2n) is 8.00. The number of hydrogen-bond acceptors (Lipinski definition) is 4. The van der Waals surface area contributed by atoms with Gasteiger partial charge in [-0.3, -0.25) is 0 Å². The number of nitrogens with one attached hydrogen (secondary N) is 1. The van der Waals surface area contributed by atoms with E-state index in [-0.39, 0.29) is 11.6 Å². The Morgan fingerprint density at radius 1 is 1.04 bits per heavy atom. The van der Waals surface area contributed by atoms with Crippen molar-refractivity contribution in [3.63, 3.8) is 0 Å². The first-order valence-electron chi connectivity index (χ1n) is 9.75. The second kappa shape index (κ2) is 8.52. The quantitative estimate of drug-likeness (QED) is 0.685. The standard InChI is InChI=1S/C22H29N5O/c1-6-26(16-17-10-8-7-9-11-17)20(18-12-14-19(28-5)15-13-18)21-23-24-25-27(21)22(2,3)4/h7-15,20H,6,16H2,1-5H3/p+1/t20-/m0/s1. The molecule has 6 nitrogen and oxygen atoms in total. The Morgan fingerprint density at radius 3 is 2.29 bits per heavy atom. The maximum Gasteiger partial charge on any atom is 0.214 e. The summed E-state index contributed by atoms with van der Waals surface area (Å²) in [5.74, 6) is 1.73. The molecule has 0 aliphatic carbocycles. The van der Waals surface area contributed by atoms with Gasteiger partial charge in [-0.1, -0.05) is 30.3 Å². The van der Waals surface area contributed by atoms with E-state index in [4.69, 9.17) is 4.74 Å². The van der Waals surface area contributed by atoms with Gasteiger partial charge in [0.15, 0.2) is 6.04 Å². The van der Waals surface area contributed by atoms with Crippen LogP contribution in [-0.2, 0) is 12.1 Å². The van der Waals surface area contributed by atoms with Gasteiger partial charge in [0.2, 0.25) is 5.82 Å². The fourth-order valence-electron chi connectivity index (χ4n) is 3.50. The monoisotopic (exact) mass is 380 g/mol. The first kappa shape index (κ1) is 20.0. The van der Waals surface area contributed by atoms with Gasteiger partial charge in [-0.25, -0.2) is 4.68 Å². The van der Waals surface area contributed by atoms with Gasteiger partial charge in [0.1, 0.15) is 12.3 Å². The average Bonchev–Trinajstić information content (AvgIpc) is 3.18. The molecular weight excluding hydrogens is 350 g/mol. The molecule has 6 heteroatoms. The molecule has 1 N–H and O–H groups in total. The van der Waals surface area contributed by atoms with Gasteiger partial charge >= 0.3 is 0 Å². The summed E-state index contributed by atoms with van der Waals surface area (Å²) < 4.78 is 7.29. The van der Waals surface area contributed by atoms with Crippen molar-refractivity contribution >= 4 is 0 Å². The number of ether oxygens (including phenoxy) is 1. The van der Waals surface area contributed by atoms with E-state index in [9.17, 15) is 0 Å². The molecule has 2 aromatic carbocycles. The van der Waals surface area contributed by atoms with E-state index >= 15 is 0 Å². The van der Waals surface area contributed by atoms with E-state index in [1.807, 2.05) is 16.8 Å². The van der Waals surface area contributed by atoms with E-state index in [0.717, 1.165) is 24.7 Å². The van der Waals surface area contributed by atoms with Gasteiger partial charge in [-0.05, 0) is 62.4 Å². The zero-order valence-corrected chi connectivity index (χ0v) is 17.4. The summed E-state index contributed by atoms with van der Waals surface area (Å²) in [6.45, 7) is 10.4. The van der Waals surface area contributed by atoms with Crippen molar-refractivity contribution in [2.75, 3.05) is 13.7 Å². The highest BCUT2D eigenvalue weighted by molar-refractivity contribution is 5.30. The fourth-order valence-corrected chi connectivity index (χ4v) is 3.50. The molecule has 0 radical (unpaired) electrons. The van der Waals surface area contributed by atoms with Crippen LogP contribution in [0.15, 0.2) is 54.6 Å². The molecule has 2 atom stereocenters. The van der Waals surface area contributed by atoms with Crippen molar-refractivity contribution in [2.45, 2.75) is 45.8 Å². The molecule has 1 aromatic heterocycles. The number of rotatable bonds is 7. The van der Waals surface area contributed by atoms with Crippen LogP contribution in [0.3, 0.4) is 0 Å². The Hall–Kier alpha value is -2.73. The highest BCUT2D eigenvalue weighted by Gasteiger charge is 2.33. The number of methoxy groups -OCH3 is 1. The third-order valence-corrected chi connectivity index (χ3v) is 4.97. The molecule has 0 saturated heterocycles. The molecule has 1 unspecified atom stereocenters. The van der Waals surface area contributed by atoms with E-state index in [0.29, 0.717) is 0 Å². The zero-order valence-electron chi connectivity index (χ0n) is 17.4. The maximum absolute atomic E-state index is 5.35. The molecule has 0 aliphatic heterocycles. The molecule has 0 spiro atoms. The van der Waals surface area contributed by atoms with E-state index < -0.39 is 0 Å². The number of tetrazole rings is 1. The lowest BCUT2D eigenvalue weighted by Gasteiger charge is -2.30. The van der Waals surface area contributed by atoms with Gasteiger partial charge in [0, 0.05) is 11.1 Å². The maximum atomic E-state index is 5.35. The van der Waals surface area contributed by atoms with Gasteiger partial charge in [0.25, 0.3) is 0 Å². The van der Waals surface area contributed by atoms with Crippen LogP contribution in [0.25, 0.3) is 0 Å². The van der Waals surface area contributed by atoms with Crippen molar-refractivity contribution in [3.05, 3.63) is 71.5 Å². The Labute approximate surface area is 167 Å². The Morgan fingerprint density at radius 2 is 1.71 bits per heavy atom. The summed E-state index contributed by atoms with van der Waals surface area (Å²) in [7, 11) is 1.69. The van der Waals surface area contributed by atoms with E-state index in [1.165, 1.54) is 16.0 Å². The molecule has 0 aliphatic rings. The van der Waals surface area contributed by atoms with Crippen LogP contribution in [0.4, 0.5) is 0 Å². The number of nitrogens with zero attached hydrogens (tertiary/aromatic N) is 4. The van der Waals surface area contributed by atoms with Crippen molar-refractivity contribution in [1.82, 2.24) is 20.2 Å². The van der Waals surface area contributed by atoms with Crippen LogP contribution in [0.5, 0.6) is 5.75 Å². The van der Waals surface area contributed by atoms with E-state index in [2.05, 4.69) is 85.7 Å². The summed E-state index contributed by atoms with van der Waals surface area (Å²) in [6, 6.07) is 18.8. The smallest absolute Gasteiger partial charge is 0.214 e. The van der Waals surface area contributed by atoms with E-state index in [1.54, 1.807) is 7.11 Å². The highest BCUT2D eigenvalue weighted by atomic mass is 16.5. The minimum atomic E-state index is -0.199. The predicted molar refractivity (Wildman–Crippen MR) is 109 cm³/mol. The van der Waals surface area contributed by atoms with Gasteiger partial charge in [0.05, 0.1) is 19.2 Å². The average molecular weight is 381 g/mol. The molecule has 0 bridgehead atoms. The Kier molecular flexibility index (Phi) is 6.09. The Balaban J connectivity index is 2.06. The molecule has 1 heterocycles. The summed E-state index contributed by atoms with van der Waals surface area (Å²) in [5.41, 5.74) is 2.27. The first-order valence-corrected chi connectivity index (χ1v) is 9.75. The van der Waals surface area contributed by atoms with Crippen LogP contribution in [0.1, 0.15) is 50.7 Å². The second-order valence-corrected chi connectivity index (χ2v) is 8.00. The van der Waals surface area contributed by atoms with Crippen LogP contribution in [-0.4, -0.2) is 33.9 Å². The lowest BCUT2D eigenvalue weighted by atomic mass is 10.0. The highest BCUT2D eigenvalue weighted by Crippen LogP contribution is 2.24. The zero-order chi connectivity index (χ0) is 20.1. The van der Waals surface area contributed by atoms with Crippen LogP contribution in [0.2, 0.25) is 0 Å². The third-order valence-electron chi connectivity index (χ3n) is 4.97. The molecule has 3 rings (SSSR count). The molecular formula is C22H30N5O+. The van der Waals surface area contributed by atoms with Crippen molar-refractivity contribution in [3.8, 4) is 5.75 Å². The lowest BCUT2D eigenvalue weighted by Crippen LogP contribution is -3.11. The SMILES string of the molecule is CC[NH+](Cc1ccccc1)[C@@H](c1ccc(OC)cc1)c1nnnn1C(C)(C)C. The molecule has 28 heavy (non-hydrogen) atoms. The van der Waals surface area contributed by atoms with Crippen LogP contribution in [0, 0.1) is 0 Å². The molecule has 3 aromatic rings. The van der Waals surface area contributed by atoms with Crippen LogP contribution < -0.4 is 9.64 Å². The number of quaternary nitrogens is 1. The summed E-state index contributed by atoms with van der Waals surface area (Å²) in [5, 5.41) is 12.8. The minimum Gasteiger partial charge on any atom is -0.497 e. The number of benzene rings is 2. The van der Waals surface area contributed by atoms with Crippen molar-refractivity contribution in [2.24, 2.45) is 0 Å². The molecule has 0 fully saturated rings. The minimum absolute atomic E-state index is 0.0188. The van der Waals surface area contributed by atoms with Gasteiger partial charge < -0.3 is 9.64 Å². The predicted octanol–water partition coefficient (Wildman–Crippen LogP) is 2.63.